The normalized spacial score (nSPS) is 17.3. The van der Waals surface area contributed by atoms with Gasteiger partial charge in [0.25, 0.3) is 0 Å². The van der Waals surface area contributed by atoms with E-state index in [0.29, 0.717) is 18.5 Å². The quantitative estimate of drug-likeness (QED) is 0.820. The van der Waals surface area contributed by atoms with Crippen molar-refractivity contribution in [1.29, 1.82) is 0 Å². The molecule has 5 heteroatoms. The number of hydrogen-bond donors (Lipinski definition) is 0. The monoisotopic (exact) mass is 313 g/mol. The van der Waals surface area contributed by atoms with Gasteiger partial charge >= 0.3 is 0 Å². The van der Waals surface area contributed by atoms with Crippen LogP contribution in [0.5, 0.6) is 11.6 Å². The first-order valence-electron chi connectivity index (χ1n) is 8.15. The van der Waals surface area contributed by atoms with Gasteiger partial charge in [-0.3, -0.25) is 0 Å². The van der Waals surface area contributed by atoms with Crippen LogP contribution in [0, 0.1) is 0 Å². The van der Waals surface area contributed by atoms with Crippen molar-refractivity contribution in [2.45, 2.75) is 32.2 Å². The van der Waals surface area contributed by atoms with Crippen LogP contribution in [-0.4, -0.2) is 36.3 Å². The first kappa shape index (κ1) is 15.6. The van der Waals surface area contributed by atoms with E-state index in [2.05, 4.69) is 27.0 Å². The molecule has 23 heavy (non-hydrogen) atoms. The van der Waals surface area contributed by atoms with Gasteiger partial charge in [0.05, 0.1) is 13.7 Å². The lowest BCUT2D eigenvalue weighted by Crippen LogP contribution is -2.31. The van der Waals surface area contributed by atoms with Gasteiger partial charge in [0.15, 0.2) is 0 Å². The Labute approximate surface area is 137 Å². The van der Waals surface area contributed by atoms with Gasteiger partial charge in [-0.15, -0.1) is 0 Å². The minimum absolute atomic E-state index is 0.427. The summed E-state index contributed by atoms with van der Waals surface area (Å²) in [5.41, 5.74) is 1.24. The number of para-hydroxylation sites is 1. The van der Waals surface area contributed by atoms with Crippen LogP contribution in [0.4, 0.5) is 5.82 Å². The van der Waals surface area contributed by atoms with Crippen LogP contribution in [0.1, 0.15) is 25.3 Å². The molecule has 0 saturated carbocycles. The van der Waals surface area contributed by atoms with E-state index in [9.17, 15) is 0 Å². The molecular formula is C18H23N3O2. The van der Waals surface area contributed by atoms with Crippen molar-refractivity contribution in [2.24, 2.45) is 0 Å². The fraction of sp³-hybridized carbons (Fsp3) is 0.444. The molecule has 2 heterocycles. The summed E-state index contributed by atoms with van der Waals surface area (Å²) >= 11 is 0. The van der Waals surface area contributed by atoms with Crippen molar-refractivity contribution < 1.29 is 9.47 Å². The zero-order valence-electron chi connectivity index (χ0n) is 13.7. The predicted molar refractivity (Wildman–Crippen MR) is 90.3 cm³/mol. The number of ether oxygens (including phenoxy) is 2. The molecule has 1 aliphatic heterocycles. The summed E-state index contributed by atoms with van der Waals surface area (Å²) in [6, 6.07) is 10.6. The summed E-state index contributed by atoms with van der Waals surface area (Å²) < 4.78 is 11.0. The Morgan fingerprint density at radius 1 is 1.26 bits per heavy atom. The Balaban J connectivity index is 1.79. The van der Waals surface area contributed by atoms with E-state index in [4.69, 9.17) is 9.47 Å². The molecule has 1 aromatic carbocycles. The maximum Gasteiger partial charge on any atom is 0.218 e. The number of aromatic nitrogens is 2. The molecule has 1 unspecified atom stereocenters. The van der Waals surface area contributed by atoms with Gasteiger partial charge in [-0.2, -0.15) is 0 Å². The molecule has 1 aliphatic rings. The average Bonchev–Trinajstić information content (AvgIpc) is 3.04. The van der Waals surface area contributed by atoms with Crippen LogP contribution < -0.4 is 14.4 Å². The van der Waals surface area contributed by atoms with Crippen molar-refractivity contribution in [3.8, 4) is 11.6 Å². The van der Waals surface area contributed by atoms with Crippen molar-refractivity contribution in [3.05, 3.63) is 42.2 Å². The molecule has 1 saturated heterocycles. The molecule has 0 amide bonds. The highest BCUT2D eigenvalue weighted by Crippen LogP contribution is 2.29. The van der Waals surface area contributed by atoms with Crippen LogP contribution in [0.3, 0.4) is 0 Å². The summed E-state index contributed by atoms with van der Waals surface area (Å²) in [6.45, 7) is 3.59. The molecule has 0 spiro atoms. The standard InChI is InChI=1S/C18H23N3O2/c1-3-23-18-12-17(19-13-20-18)21-10-6-8-15(21)11-14-7-4-5-9-16(14)22-2/h4-5,7,9,12-13,15H,3,6,8,10-11H2,1-2H3. The summed E-state index contributed by atoms with van der Waals surface area (Å²) in [5, 5.41) is 0. The molecule has 0 bridgehead atoms. The molecule has 1 atom stereocenters. The molecule has 1 fully saturated rings. The van der Waals surface area contributed by atoms with E-state index in [0.717, 1.165) is 31.0 Å². The van der Waals surface area contributed by atoms with E-state index in [1.54, 1.807) is 13.4 Å². The molecular weight excluding hydrogens is 290 g/mol. The lowest BCUT2D eigenvalue weighted by Gasteiger charge is -2.26. The fourth-order valence-electron chi connectivity index (χ4n) is 3.19. The maximum absolute atomic E-state index is 5.50. The van der Waals surface area contributed by atoms with Gasteiger partial charge in [-0.05, 0) is 37.8 Å². The highest BCUT2D eigenvalue weighted by molar-refractivity contribution is 5.44. The predicted octanol–water partition coefficient (Wildman–Crippen LogP) is 3.10. The van der Waals surface area contributed by atoms with E-state index in [1.807, 2.05) is 25.1 Å². The molecule has 1 aromatic heterocycles. The van der Waals surface area contributed by atoms with Crippen LogP contribution >= 0.6 is 0 Å². The highest BCUT2D eigenvalue weighted by atomic mass is 16.5. The third-order valence-electron chi connectivity index (χ3n) is 4.24. The third-order valence-corrected chi connectivity index (χ3v) is 4.24. The lowest BCUT2D eigenvalue weighted by molar-refractivity contribution is 0.326. The van der Waals surface area contributed by atoms with Crippen molar-refractivity contribution >= 4 is 5.82 Å². The number of benzene rings is 1. The number of rotatable bonds is 6. The Bertz CT molecular complexity index is 648. The summed E-state index contributed by atoms with van der Waals surface area (Å²) in [5.74, 6) is 2.54. The van der Waals surface area contributed by atoms with Gasteiger partial charge in [0.2, 0.25) is 5.88 Å². The SMILES string of the molecule is CCOc1cc(N2CCCC2Cc2ccccc2OC)ncn1. The second kappa shape index (κ2) is 7.31. The van der Waals surface area contributed by atoms with Gasteiger partial charge < -0.3 is 14.4 Å². The summed E-state index contributed by atoms with van der Waals surface area (Å²) in [6.07, 6.45) is 4.87. The van der Waals surface area contributed by atoms with E-state index >= 15 is 0 Å². The summed E-state index contributed by atoms with van der Waals surface area (Å²) in [7, 11) is 1.73. The Morgan fingerprint density at radius 2 is 2.13 bits per heavy atom. The highest BCUT2D eigenvalue weighted by Gasteiger charge is 2.27. The maximum atomic E-state index is 5.50. The van der Waals surface area contributed by atoms with E-state index in [-0.39, 0.29) is 0 Å². The number of methoxy groups -OCH3 is 1. The molecule has 5 nitrogen and oxygen atoms in total. The summed E-state index contributed by atoms with van der Waals surface area (Å²) in [4.78, 5) is 11.0. The minimum atomic E-state index is 0.427. The van der Waals surface area contributed by atoms with Crippen LogP contribution in [0.15, 0.2) is 36.7 Å². The Morgan fingerprint density at radius 3 is 2.96 bits per heavy atom. The minimum Gasteiger partial charge on any atom is -0.496 e. The molecule has 122 valence electrons. The van der Waals surface area contributed by atoms with Gasteiger partial charge in [0.1, 0.15) is 17.9 Å². The smallest absolute Gasteiger partial charge is 0.218 e. The molecule has 0 N–H and O–H groups in total. The topological polar surface area (TPSA) is 47.5 Å². The van der Waals surface area contributed by atoms with Crippen molar-refractivity contribution in [3.63, 3.8) is 0 Å². The lowest BCUT2D eigenvalue weighted by atomic mass is 10.0. The van der Waals surface area contributed by atoms with Crippen molar-refractivity contribution in [1.82, 2.24) is 9.97 Å². The second-order valence-corrected chi connectivity index (χ2v) is 5.65. The van der Waals surface area contributed by atoms with E-state index in [1.165, 1.54) is 12.0 Å². The number of nitrogens with zero attached hydrogens (tertiary/aromatic N) is 3. The first-order valence-corrected chi connectivity index (χ1v) is 8.15. The van der Waals surface area contributed by atoms with Crippen LogP contribution in [0.25, 0.3) is 0 Å². The largest absolute Gasteiger partial charge is 0.496 e. The van der Waals surface area contributed by atoms with Gasteiger partial charge in [-0.1, -0.05) is 18.2 Å². The Kier molecular flexibility index (Phi) is 4.95. The molecule has 0 aliphatic carbocycles. The van der Waals surface area contributed by atoms with Crippen LogP contribution in [-0.2, 0) is 6.42 Å². The van der Waals surface area contributed by atoms with Crippen molar-refractivity contribution in [2.75, 3.05) is 25.2 Å². The Hall–Kier alpha value is -2.30. The third kappa shape index (κ3) is 3.55. The second-order valence-electron chi connectivity index (χ2n) is 5.65. The molecule has 3 rings (SSSR count). The average molecular weight is 313 g/mol. The van der Waals surface area contributed by atoms with Gasteiger partial charge in [0, 0.05) is 18.7 Å². The fourth-order valence-corrected chi connectivity index (χ4v) is 3.19. The molecule has 0 radical (unpaired) electrons. The first-order chi connectivity index (χ1) is 11.3. The van der Waals surface area contributed by atoms with Gasteiger partial charge in [-0.25, -0.2) is 9.97 Å². The van der Waals surface area contributed by atoms with E-state index < -0.39 is 0 Å². The van der Waals surface area contributed by atoms with Crippen LogP contribution in [0.2, 0.25) is 0 Å². The zero-order valence-corrected chi connectivity index (χ0v) is 13.7. The number of hydrogen-bond acceptors (Lipinski definition) is 5. The number of anilines is 1. The zero-order chi connectivity index (χ0) is 16.1. The molecule has 2 aromatic rings.